The lowest BCUT2D eigenvalue weighted by atomic mass is 9.83. The first-order valence-electron chi connectivity index (χ1n) is 8.49. The normalized spacial score (nSPS) is 19.1. The Bertz CT molecular complexity index is 698. The van der Waals surface area contributed by atoms with Crippen molar-refractivity contribution in [1.29, 1.82) is 0 Å². The van der Waals surface area contributed by atoms with Gasteiger partial charge >= 0.3 is 12.1 Å². The molecule has 2 fully saturated rings. The zero-order chi connectivity index (χ0) is 20.3. The molecule has 1 aromatic rings. The fourth-order valence-electron chi connectivity index (χ4n) is 3.13. The van der Waals surface area contributed by atoms with E-state index in [1.54, 1.807) is 6.92 Å². The number of aliphatic carboxylic acids is 1. The number of rotatable bonds is 5. The van der Waals surface area contributed by atoms with Crippen molar-refractivity contribution >= 4 is 11.9 Å². The van der Waals surface area contributed by atoms with Crippen LogP contribution in [0.1, 0.15) is 30.9 Å². The largest absolute Gasteiger partial charge is 0.490 e. The Morgan fingerprint density at radius 1 is 1.30 bits per heavy atom. The van der Waals surface area contributed by atoms with Crippen LogP contribution in [0.4, 0.5) is 13.2 Å². The first-order valence-corrected chi connectivity index (χ1v) is 8.49. The third-order valence-corrected chi connectivity index (χ3v) is 4.69. The molecule has 3 rings (SSSR count). The number of hydrogen-bond donors (Lipinski definition) is 3. The molecule has 0 spiro atoms. The number of carbonyl (C=O) groups is 2. The van der Waals surface area contributed by atoms with Crippen molar-refractivity contribution in [2.24, 2.45) is 0 Å². The molecule has 2 aliphatic rings. The van der Waals surface area contributed by atoms with Gasteiger partial charge in [-0.15, -0.1) is 0 Å². The number of benzene rings is 1. The molecule has 1 aliphatic heterocycles. The smallest absolute Gasteiger partial charge is 0.475 e. The Hall–Kier alpha value is -2.13. The van der Waals surface area contributed by atoms with Gasteiger partial charge in [-0.25, -0.2) is 4.79 Å². The van der Waals surface area contributed by atoms with E-state index in [2.05, 4.69) is 41.8 Å². The molecule has 1 saturated carbocycles. The summed E-state index contributed by atoms with van der Waals surface area (Å²) in [6.07, 6.45) is -3.03. The molecule has 1 aromatic carbocycles. The van der Waals surface area contributed by atoms with Crippen molar-refractivity contribution in [3.63, 3.8) is 0 Å². The van der Waals surface area contributed by atoms with Crippen LogP contribution in [-0.4, -0.2) is 47.4 Å². The van der Waals surface area contributed by atoms with Crippen LogP contribution >= 0.6 is 0 Å². The van der Waals surface area contributed by atoms with E-state index in [4.69, 9.17) is 14.6 Å². The summed E-state index contributed by atoms with van der Waals surface area (Å²) in [5.41, 5.74) is 2.07. The molecule has 27 heavy (non-hydrogen) atoms. The molecule has 1 heterocycles. The fraction of sp³-hybridized carbons (Fsp3) is 0.556. The number of nitrogens with one attached hydrogen (secondary N) is 2. The van der Waals surface area contributed by atoms with Gasteiger partial charge in [0.05, 0.1) is 17.7 Å². The third-order valence-electron chi connectivity index (χ3n) is 4.69. The summed E-state index contributed by atoms with van der Waals surface area (Å²) in [7, 11) is 0. The average molecular weight is 388 g/mol. The summed E-state index contributed by atoms with van der Waals surface area (Å²) in [6.45, 7) is 5.89. The topological polar surface area (TPSA) is 87.7 Å². The second-order valence-electron chi connectivity index (χ2n) is 6.94. The van der Waals surface area contributed by atoms with Gasteiger partial charge < -0.3 is 20.5 Å². The van der Waals surface area contributed by atoms with Gasteiger partial charge in [0.15, 0.2) is 0 Å². The number of ether oxygens (including phenoxy) is 1. The van der Waals surface area contributed by atoms with Gasteiger partial charge in [0.1, 0.15) is 0 Å². The minimum absolute atomic E-state index is 0.0249. The number of hydrogen-bond acceptors (Lipinski definition) is 4. The number of alkyl halides is 3. The average Bonchev–Trinajstić information content (AvgIpc) is 3.30. The summed E-state index contributed by atoms with van der Waals surface area (Å²) in [5, 5.41) is 13.5. The van der Waals surface area contributed by atoms with Crippen LogP contribution in [-0.2, 0) is 20.9 Å². The first kappa shape index (κ1) is 21.2. The molecule has 6 nitrogen and oxygen atoms in total. The zero-order valence-electron chi connectivity index (χ0n) is 15.2. The molecule has 0 bridgehead atoms. The van der Waals surface area contributed by atoms with Gasteiger partial charge in [0.25, 0.3) is 0 Å². The van der Waals surface area contributed by atoms with Crippen LogP contribution in [0.2, 0.25) is 0 Å². The SMILES string of the molecule is CC(=O)NC1(C2(OCc3cccc(C)c3)CC2)CNC1.O=C(O)C(F)(F)F. The van der Waals surface area contributed by atoms with Gasteiger partial charge in [-0.05, 0) is 25.3 Å². The van der Waals surface area contributed by atoms with E-state index in [1.807, 2.05) is 0 Å². The molecular formula is C18H23F3N2O4. The highest BCUT2D eigenvalue weighted by atomic mass is 19.4. The predicted octanol–water partition coefficient (Wildman–Crippen LogP) is 2.16. The molecule has 1 amide bonds. The summed E-state index contributed by atoms with van der Waals surface area (Å²) < 4.78 is 38.0. The van der Waals surface area contributed by atoms with Crippen molar-refractivity contribution in [1.82, 2.24) is 10.6 Å². The molecule has 1 aliphatic carbocycles. The van der Waals surface area contributed by atoms with Crippen molar-refractivity contribution in [2.75, 3.05) is 13.1 Å². The van der Waals surface area contributed by atoms with Crippen LogP contribution < -0.4 is 10.6 Å². The molecule has 0 radical (unpaired) electrons. The van der Waals surface area contributed by atoms with Crippen LogP contribution in [0.25, 0.3) is 0 Å². The Kier molecular flexibility index (Phi) is 6.16. The third kappa shape index (κ3) is 5.20. The van der Waals surface area contributed by atoms with Crippen LogP contribution in [0.5, 0.6) is 0 Å². The minimum Gasteiger partial charge on any atom is -0.475 e. The molecule has 0 aromatic heterocycles. The predicted molar refractivity (Wildman–Crippen MR) is 91.0 cm³/mol. The first-order chi connectivity index (χ1) is 12.5. The number of aryl methyl sites for hydroxylation is 1. The Morgan fingerprint density at radius 3 is 2.26 bits per heavy atom. The maximum Gasteiger partial charge on any atom is 0.490 e. The Morgan fingerprint density at radius 2 is 1.89 bits per heavy atom. The maximum absolute atomic E-state index is 11.5. The van der Waals surface area contributed by atoms with Gasteiger partial charge in [0, 0.05) is 20.0 Å². The highest BCUT2D eigenvalue weighted by Crippen LogP contribution is 2.50. The summed E-state index contributed by atoms with van der Waals surface area (Å²) >= 11 is 0. The van der Waals surface area contributed by atoms with E-state index in [1.165, 1.54) is 11.1 Å². The summed E-state index contributed by atoms with van der Waals surface area (Å²) in [6, 6.07) is 8.39. The van der Waals surface area contributed by atoms with Crippen molar-refractivity contribution < 1.29 is 32.6 Å². The highest BCUT2D eigenvalue weighted by Gasteiger charge is 2.63. The number of halogens is 3. The number of carboxylic acid groups (broad SMARTS) is 1. The Balaban J connectivity index is 0.000000321. The van der Waals surface area contributed by atoms with Crippen LogP contribution in [0, 0.1) is 6.92 Å². The molecule has 0 unspecified atom stereocenters. The van der Waals surface area contributed by atoms with Crippen molar-refractivity contribution in [3.05, 3.63) is 35.4 Å². The minimum atomic E-state index is -5.08. The number of amides is 1. The lowest BCUT2D eigenvalue weighted by Gasteiger charge is -2.49. The lowest BCUT2D eigenvalue weighted by molar-refractivity contribution is -0.192. The van der Waals surface area contributed by atoms with Gasteiger partial charge in [-0.1, -0.05) is 29.8 Å². The van der Waals surface area contributed by atoms with E-state index >= 15 is 0 Å². The van der Waals surface area contributed by atoms with E-state index in [0.717, 1.165) is 25.9 Å². The van der Waals surface area contributed by atoms with E-state index < -0.39 is 12.1 Å². The summed E-state index contributed by atoms with van der Waals surface area (Å²) in [5.74, 6) is -2.73. The monoisotopic (exact) mass is 388 g/mol. The Labute approximate surface area is 155 Å². The van der Waals surface area contributed by atoms with Gasteiger partial charge in [-0.2, -0.15) is 13.2 Å². The van der Waals surface area contributed by atoms with Crippen molar-refractivity contribution in [2.45, 2.75) is 50.6 Å². The number of carbonyl (C=O) groups excluding carboxylic acids is 1. The van der Waals surface area contributed by atoms with Crippen molar-refractivity contribution in [3.8, 4) is 0 Å². The standard InChI is InChI=1S/C16H22N2O2.C2HF3O2/c1-12-4-3-5-14(8-12)9-20-16(6-7-16)15(10-17-11-15)18-13(2)19;3-2(4,5)1(6)7/h3-5,8,17H,6-7,9-11H2,1-2H3,(H,18,19);(H,6,7). The molecule has 0 atom stereocenters. The molecule has 9 heteroatoms. The van der Waals surface area contributed by atoms with E-state index in [9.17, 15) is 18.0 Å². The zero-order valence-corrected chi connectivity index (χ0v) is 15.2. The fourth-order valence-corrected chi connectivity index (χ4v) is 3.13. The molecule has 1 saturated heterocycles. The highest BCUT2D eigenvalue weighted by molar-refractivity contribution is 5.74. The quantitative estimate of drug-likeness (QED) is 0.720. The summed E-state index contributed by atoms with van der Waals surface area (Å²) in [4.78, 5) is 20.3. The number of carboxylic acids is 1. The second kappa shape index (κ2) is 7.85. The lowest BCUT2D eigenvalue weighted by Crippen LogP contribution is -2.75. The maximum atomic E-state index is 11.5. The van der Waals surface area contributed by atoms with Gasteiger partial charge in [0.2, 0.25) is 5.91 Å². The molecule has 3 N–H and O–H groups in total. The van der Waals surface area contributed by atoms with E-state index in [-0.39, 0.29) is 17.0 Å². The second-order valence-corrected chi connectivity index (χ2v) is 6.94. The van der Waals surface area contributed by atoms with E-state index in [0.29, 0.717) is 6.61 Å². The van der Waals surface area contributed by atoms with Crippen LogP contribution in [0.15, 0.2) is 24.3 Å². The molecule has 150 valence electrons. The van der Waals surface area contributed by atoms with Crippen LogP contribution in [0.3, 0.4) is 0 Å². The van der Waals surface area contributed by atoms with Gasteiger partial charge in [-0.3, -0.25) is 4.79 Å². The molecular weight excluding hydrogens is 365 g/mol.